The largest absolute Gasteiger partial charge is 0.493 e. The van der Waals surface area contributed by atoms with Gasteiger partial charge in [0.1, 0.15) is 5.56 Å². The highest BCUT2D eigenvalue weighted by molar-refractivity contribution is 6.30. The fourth-order valence-corrected chi connectivity index (χ4v) is 3.46. The summed E-state index contributed by atoms with van der Waals surface area (Å²) in [7, 11) is 1.53. The fraction of sp³-hybridized carbons (Fsp3) is 0.0800. The van der Waals surface area contributed by atoms with E-state index in [2.05, 4.69) is 10.3 Å². The third-order valence-corrected chi connectivity index (χ3v) is 5.12. The van der Waals surface area contributed by atoms with Gasteiger partial charge in [-0.15, -0.1) is 0 Å². The first-order valence-corrected chi connectivity index (χ1v) is 10.3. The van der Waals surface area contributed by atoms with Crippen molar-refractivity contribution in [2.75, 3.05) is 7.11 Å². The van der Waals surface area contributed by atoms with E-state index in [0.717, 1.165) is 5.56 Å². The first kappa shape index (κ1) is 22.1. The first-order chi connectivity index (χ1) is 15.9. The van der Waals surface area contributed by atoms with Crippen LogP contribution in [0.15, 0.2) is 82.2 Å². The number of hydrogen-bond acceptors (Lipinski definition) is 5. The molecule has 2 N–H and O–H groups in total. The Labute approximate surface area is 193 Å². The molecule has 0 aliphatic heterocycles. The number of carboxylic acid groups (broad SMARTS) is 1. The topological polar surface area (TPSA) is 101 Å². The van der Waals surface area contributed by atoms with Crippen molar-refractivity contribution in [3.05, 3.63) is 100 Å². The molecule has 0 saturated carbocycles. The summed E-state index contributed by atoms with van der Waals surface area (Å²) in [6.07, 6.45) is 0. The molecule has 0 aliphatic rings. The van der Waals surface area contributed by atoms with Crippen LogP contribution in [-0.4, -0.2) is 24.1 Å². The molecule has 0 radical (unpaired) electrons. The highest BCUT2D eigenvalue weighted by Crippen LogP contribution is 2.25. The van der Waals surface area contributed by atoms with Crippen molar-refractivity contribution in [1.29, 1.82) is 0 Å². The number of nitrogens with zero attached hydrogens (tertiary/aromatic N) is 1. The van der Waals surface area contributed by atoms with Crippen molar-refractivity contribution in [2.24, 2.45) is 4.99 Å². The number of carbonyl (C=O) groups is 2. The standard InChI is InChI=1S/C25H19ClN2O5/c1-32-21-7-3-5-17-13-20(23(29)27-14-15-4-2-6-18(26)12-15)24(33-22(17)21)28-19-10-8-16(9-11-19)25(30)31/h2-13H,14H2,1H3,(H,27,29)(H,30,31). The van der Waals surface area contributed by atoms with Gasteiger partial charge >= 0.3 is 5.97 Å². The van der Waals surface area contributed by atoms with Crippen molar-refractivity contribution in [2.45, 2.75) is 6.54 Å². The molecule has 0 aliphatic carbocycles. The molecule has 0 spiro atoms. The van der Waals surface area contributed by atoms with Crippen LogP contribution in [-0.2, 0) is 6.54 Å². The minimum Gasteiger partial charge on any atom is -0.493 e. The van der Waals surface area contributed by atoms with E-state index in [9.17, 15) is 9.59 Å². The summed E-state index contributed by atoms with van der Waals surface area (Å²) in [5, 5.41) is 13.2. The summed E-state index contributed by atoms with van der Waals surface area (Å²) in [4.78, 5) is 28.7. The smallest absolute Gasteiger partial charge is 0.335 e. The van der Waals surface area contributed by atoms with Crippen LogP contribution in [0.3, 0.4) is 0 Å². The summed E-state index contributed by atoms with van der Waals surface area (Å²) in [5.41, 5.74) is 2.14. The lowest BCUT2D eigenvalue weighted by Gasteiger charge is -2.09. The molecule has 8 heteroatoms. The summed E-state index contributed by atoms with van der Waals surface area (Å²) >= 11 is 6.03. The Hall–Kier alpha value is -4.10. The van der Waals surface area contributed by atoms with Crippen molar-refractivity contribution >= 4 is 40.1 Å². The maximum absolute atomic E-state index is 13.1. The quantitative estimate of drug-likeness (QED) is 0.422. The number of carbonyl (C=O) groups excluding carboxylic acids is 1. The Balaban J connectivity index is 1.77. The molecule has 4 rings (SSSR count). The predicted octanol–water partition coefficient (Wildman–Crippen LogP) is 4.96. The lowest BCUT2D eigenvalue weighted by molar-refractivity contribution is 0.0696. The average molecular weight is 463 g/mol. The fourth-order valence-electron chi connectivity index (χ4n) is 3.25. The molecule has 166 valence electrons. The van der Waals surface area contributed by atoms with Gasteiger partial charge in [-0.3, -0.25) is 4.79 Å². The first-order valence-electron chi connectivity index (χ1n) is 9.96. The number of rotatable bonds is 6. The lowest BCUT2D eigenvalue weighted by atomic mass is 10.1. The van der Waals surface area contributed by atoms with E-state index >= 15 is 0 Å². The predicted molar refractivity (Wildman–Crippen MR) is 124 cm³/mol. The van der Waals surface area contributed by atoms with Crippen LogP contribution >= 0.6 is 11.6 Å². The van der Waals surface area contributed by atoms with E-state index in [-0.39, 0.29) is 29.1 Å². The van der Waals surface area contributed by atoms with Crippen LogP contribution in [0.2, 0.25) is 5.02 Å². The van der Waals surface area contributed by atoms with E-state index in [1.54, 1.807) is 48.5 Å². The number of benzene rings is 3. The molecule has 1 amide bonds. The van der Waals surface area contributed by atoms with Crippen LogP contribution in [0, 0.1) is 0 Å². The zero-order valence-electron chi connectivity index (χ0n) is 17.5. The number of para-hydroxylation sites is 1. The monoisotopic (exact) mass is 462 g/mol. The second-order valence-electron chi connectivity index (χ2n) is 7.12. The molecule has 0 atom stereocenters. The molecule has 3 aromatic carbocycles. The number of nitrogens with one attached hydrogen (secondary N) is 1. The van der Waals surface area contributed by atoms with Gasteiger partial charge in [-0.25, -0.2) is 9.79 Å². The van der Waals surface area contributed by atoms with Crippen LogP contribution in [0.5, 0.6) is 5.75 Å². The van der Waals surface area contributed by atoms with Crippen molar-refractivity contribution in [3.8, 4) is 5.75 Å². The van der Waals surface area contributed by atoms with E-state index in [1.165, 1.54) is 19.2 Å². The molecule has 0 bridgehead atoms. The molecule has 0 fully saturated rings. The Morgan fingerprint density at radius 2 is 1.82 bits per heavy atom. The Kier molecular flexibility index (Phi) is 6.42. The molecular formula is C25H19ClN2O5. The number of halogens is 1. The number of methoxy groups -OCH3 is 1. The van der Waals surface area contributed by atoms with E-state index in [4.69, 9.17) is 25.9 Å². The molecule has 4 aromatic rings. The summed E-state index contributed by atoms with van der Waals surface area (Å²) < 4.78 is 11.4. The second-order valence-corrected chi connectivity index (χ2v) is 7.56. The van der Waals surface area contributed by atoms with Crippen LogP contribution < -0.4 is 15.6 Å². The molecule has 7 nitrogen and oxygen atoms in total. The molecule has 1 heterocycles. The van der Waals surface area contributed by atoms with Gasteiger partial charge in [0.2, 0.25) is 5.55 Å². The van der Waals surface area contributed by atoms with Crippen LogP contribution in [0.25, 0.3) is 11.0 Å². The van der Waals surface area contributed by atoms with Crippen LogP contribution in [0.1, 0.15) is 26.3 Å². The van der Waals surface area contributed by atoms with Gasteiger partial charge in [-0.2, -0.15) is 0 Å². The van der Waals surface area contributed by atoms with Gasteiger partial charge < -0.3 is 19.6 Å². The van der Waals surface area contributed by atoms with Gasteiger partial charge in [0, 0.05) is 17.0 Å². The number of ether oxygens (including phenoxy) is 1. The third-order valence-electron chi connectivity index (χ3n) is 4.89. The normalized spacial score (nSPS) is 11.4. The van der Waals surface area contributed by atoms with E-state index in [1.807, 2.05) is 12.1 Å². The van der Waals surface area contributed by atoms with Crippen molar-refractivity contribution in [1.82, 2.24) is 5.32 Å². The number of aromatic carboxylic acids is 1. The van der Waals surface area contributed by atoms with Gasteiger partial charge in [-0.05, 0) is 54.1 Å². The molecule has 33 heavy (non-hydrogen) atoms. The van der Waals surface area contributed by atoms with Gasteiger partial charge in [0.05, 0.1) is 18.4 Å². The number of amides is 1. The zero-order valence-corrected chi connectivity index (χ0v) is 18.3. The third kappa shape index (κ3) is 5.05. The minimum atomic E-state index is -1.04. The lowest BCUT2D eigenvalue weighted by Crippen LogP contribution is -2.28. The minimum absolute atomic E-state index is 0.0682. The number of fused-ring (bicyclic) bond motifs is 1. The molecular weight excluding hydrogens is 444 g/mol. The van der Waals surface area contributed by atoms with E-state index < -0.39 is 5.97 Å². The second kappa shape index (κ2) is 9.58. The maximum Gasteiger partial charge on any atom is 0.335 e. The SMILES string of the molecule is COc1cccc2cc(C(=O)NCc3cccc(Cl)c3)c(=Nc3ccc(C(=O)O)cc3)oc12. The van der Waals surface area contributed by atoms with Gasteiger partial charge in [-0.1, -0.05) is 35.9 Å². The molecule has 0 saturated heterocycles. The van der Waals surface area contributed by atoms with Crippen molar-refractivity contribution < 1.29 is 23.8 Å². The highest BCUT2D eigenvalue weighted by atomic mass is 35.5. The Morgan fingerprint density at radius 3 is 2.52 bits per heavy atom. The van der Waals surface area contributed by atoms with Gasteiger partial charge in [0.25, 0.3) is 5.91 Å². The highest BCUT2D eigenvalue weighted by Gasteiger charge is 2.15. The zero-order chi connectivity index (χ0) is 23.4. The molecule has 1 aromatic heterocycles. The average Bonchev–Trinajstić information content (AvgIpc) is 2.82. The van der Waals surface area contributed by atoms with Gasteiger partial charge in [0.15, 0.2) is 11.3 Å². The Bertz CT molecular complexity index is 1410. The van der Waals surface area contributed by atoms with Crippen molar-refractivity contribution in [3.63, 3.8) is 0 Å². The number of hydrogen-bond donors (Lipinski definition) is 2. The van der Waals surface area contributed by atoms with Crippen LogP contribution in [0.4, 0.5) is 5.69 Å². The Morgan fingerprint density at radius 1 is 1.06 bits per heavy atom. The number of carboxylic acids is 1. The summed E-state index contributed by atoms with van der Waals surface area (Å²) in [6.45, 7) is 0.266. The molecule has 0 unspecified atom stereocenters. The maximum atomic E-state index is 13.1. The summed E-state index contributed by atoms with van der Waals surface area (Å²) in [6, 6.07) is 20.2. The van der Waals surface area contributed by atoms with E-state index in [0.29, 0.717) is 27.4 Å². The summed E-state index contributed by atoms with van der Waals surface area (Å²) in [5.74, 6) is -0.928.